The first-order valence-electron chi connectivity index (χ1n) is 9.05. The van der Waals surface area contributed by atoms with Gasteiger partial charge in [-0.15, -0.1) is 0 Å². The minimum Gasteiger partial charge on any atom is -0.489 e. The number of rotatable bonds is 9. The molecule has 0 atom stereocenters. The van der Waals surface area contributed by atoms with Crippen LogP contribution in [0, 0.1) is 0 Å². The second kappa shape index (κ2) is 10.9. The molecule has 138 valence electrons. The molecular formula is C21H26N2O3. The van der Waals surface area contributed by atoms with Crippen molar-refractivity contribution in [2.45, 2.75) is 45.6 Å². The third-order valence-electron chi connectivity index (χ3n) is 3.94. The van der Waals surface area contributed by atoms with Gasteiger partial charge < -0.3 is 4.74 Å². The standard InChI is InChI=1S/C21H26N2O3/c1-2-3-4-8-11-20(24)22-23-21(25)18-12-14-19(15-13-18)26-16-17-9-6-5-7-10-17/h5-7,9-10,12-15H,2-4,8,11,16H2,1H3,(H,22,24)(H,23,25). The number of carbonyl (C=O) groups excluding carboxylic acids is 2. The zero-order valence-electron chi connectivity index (χ0n) is 15.2. The van der Waals surface area contributed by atoms with Crippen LogP contribution in [0.3, 0.4) is 0 Å². The van der Waals surface area contributed by atoms with E-state index in [4.69, 9.17) is 4.74 Å². The van der Waals surface area contributed by atoms with E-state index in [-0.39, 0.29) is 11.8 Å². The number of hydrogen-bond acceptors (Lipinski definition) is 3. The first kappa shape index (κ1) is 19.5. The molecule has 0 bridgehead atoms. The van der Waals surface area contributed by atoms with Crippen LogP contribution in [0.15, 0.2) is 54.6 Å². The molecule has 2 aromatic carbocycles. The third kappa shape index (κ3) is 6.97. The molecule has 0 saturated heterocycles. The maximum absolute atomic E-state index is 12.0. The van der Waals surface area contributed by atoms with Gasteiger partial charge >= 0.3 is 0 Å². The Morgan fingerprint density at radius 2 is 1.62 bits per heavy atom. The number of benzene rings is 2. The number of ether oxygens (including phenoxy) is 1. The molecule has 0 unspecified atom stereocenters. The Labute approximate surface area is 154 Å². The van der Waals surface area contributed by atoms with Gasteiger partial charge in [-0.1, -0.05) is 56.5 Å². The van der Waals surface area contributed by atoms with Gasteiger partial charge in [0.2, 0.25) is 5.91 Å². The Balaban J connectivity index is 1.73. The Morgan fingerprint density at radius 3 is 2.31 bits per heavy atom. The monoisotopic (exact) mass is 354 g/mol. The zero-order valence-corrected chi connectivity index (χ0v) is 15.2. The van der Waals surface area contributed by atoms with Gasteiger partial charge in [-0.3, -0.25) is 20.4 Å². The summed E-state index contributed by atoms with van der Waals surface area (Å²) in [5, 5.41) is 0. The van der Waals surface area contributed by atoms with Crippen LogP contribution in [-0.4, -0.2) is 11.8 Å². The summed E-state index contributed by atoms with van der Waals surface area (Å²) in [4.78, 5) is 23.7. The minimum absolute atomic E-state index is 0.169. The number of hydrogen-bond donors (Lipinski definition) is 2. The largest absolute Gasteiger partial charge is 0.489 e. The smallest absolute Gasteiger partial charge is 0.269 e. The van der Waals surface area contributed by atoms with Crippen molar-refractivity contribution in [1.82, 2.24) is 10.9 Å². The third-order valence-corrected chi connectivity index (χ3v) is 3.94. The molecule has 2 rings (SSSR count). The Bertz CT molecular complexity index is 684. The predicted octanol–water partition coefficient (Wildman–Crippen LogP) is 4.00. The Kier molecular flexibility index (Phi) is 8.19. The molecule has 0 aliphatic heterocycles. The normalized spacial score (nSPS) is 10.2. The number of nitrogens with one attached hydrogen (secondary N) is 2. The number of hydrazine groups is 1. The first-order chi connectivity index (χ1) is 12.7. The summed E-state index contributed by atoms with van der Waals surface area (Å²) in [7, 11) is 0. The maximum Gasteiger partial charge on any atom is 0.269 e. The highest BCUT2D eigenvalue weighted by molar-refractivity contribution is 5.95. The van der Waals surface area contributed by atoms with Crippen molar-refractivity contribution in [2.75, 3.05) is 0 Å². The maximum atomic E-state index is 12.0. The van der Waals surface area contributed by atoms with Gasteiger partial charge in [-0.05, 0) is 36.2 Å². The van der Waals surface area contributed by atoms with Gasteiger partial charge in [-0.25, -0.2) is 0 Å². The fourth-order valence-corrected chi connectivity index (χ4v) is 2.42. The van der Waals surface area contributed by atoms with Crippen molar-refractivity contribution in [2.24, 2.45) is 0 Å². The lowest BCUT2D eigenvalue weighted by Gasteiger charge is -2.09. The molecule has 0 radical (unpaired) electrons. The average Bonchev–Trinajstić information content (AvgIpc) is 2.69. The fourth-order valence-electron chi connectivity index (χ4n) is 2.42. The van der Waals surface area contributed by atoms with Crippen molar-refractivity contribution < 1.29 is 14.3 Å². The fraction of sp³-hybridized carbons (Fsp3) is 0.333. The van der Waals surface area contributed by atoms with Crippen molar-refractivity contribution in [3.63, 3.8) is 0 Å². The molecule has 26 heavy (non-hydrogen) atoms. The van der Waals surface area contributed by atoms with Crippen LogP contribution in [-0.2, 0) is 11.4 Å². The molecule has 0 fully saturated rings. The molecule has 0 heterocycles. The zero-order chi connectivity index (χ0) is 18.6. The van der Waals surface area contributed by atoms with Gasteiger partial charge in [0.25, 0.3) is 5.91 Å². The number of unbranched alkanes of at least 4 members (excludes halogenated alkanes) is 3. The van der Waals surface area contributed by atoms with E-state index in [0.717, 1.165) is 31.2 Å². The first-order valence-corrected chi connectivity index (χ1v) is 9.05. The van der Waals surface area contributed by atoms with Crippen molar-refractivity contribution in [1.29, 1.82) is 0 Å². The molecule has 0 aliphatic carbocycles. The SMILES string of the molecule is CCCCCCC(=O)NNC(=O)c1ccc(OCc2ccccc2)cc1. The van der Waals surface area contributed by atoms with E-state index in [1.165, 1.54) is 0 Å². The highest BCUT2D eigenvalue weighted by Crippen LogP contribution is 2.14. The van der Waals surface area contributed by atoms with Gasteiger partial charge in [0, 0.05) is 12.0 Å². The molecule has 0 aliphatic rings. The second-order valence-electron chi connectivity index (χ2n) is 6.11. The highest BCUT2D eigenvalue weighted by Gasteiger charge is 2.07. The lowest BCUT2D eigenvalue weighted by atomic mass is 10.1. The van der Waals surface area contributed by atoms with E-state index in [1.807, 2.05) is 30.3 Å². The van der Waals surface area contributed by atoms with E-state index < -0.39 is 0 Å². The van der Waals surface area contributed by atoms with Crippen molar-refractivity contribution in [3.05, 3.63) is 65.7 Å². The van der Waals surface area contributed by atoms with Crippen molar-refractivity contribution >= 4 is 11.8 Å². The number of amides is 2. The predicted molar refractivity (Wildman–Crippen MR) is 102 cm³/mol. The second-order valence-corrected chi connectivity index (χ2v) is 6.11. The summed E-state index contributed by atoms with van der Waals surface area (Å²) in [6.45, 7) is 2.60. The van der Waals surface area contributed by atoms with Gasteiger partial charge in [0.05, 0.1) is 0 Å². The molecule has 0 aromatic heterocycles. The highest BCUT2D eigenvalue weighted by atomic mass is 16.5. The molecular weight excluding hydrogens is 328 g/mol. The van der Waals surface area contributed by atoms with E-state index in [2.05, 4.69) is 17.8 Å². The van der Waals surface area contributed by atoms with Crippen molar-refractivity contribution in [3.8, 4) is 5.75 Å². The molecule has 0 spiro atoms. The van der Waals surface area contributed by atoms with Gasteiger partial charge in [-0.2, -0.15) is 0 Å². The molecule has 0 saturated carbocycles. The van der Waals surface area contributed by atoms with Crippen LogP contribution in [0.4, 0.5) is 0 Å². The van der Waals surface area contributed by atoms with Crippen LogP contribution < -0.4 is 15.6 Å². The Morgan fingerprint density at radius 1 is 0.885 bits per heavy atom. The Hall–Kier alpha value is -2.82. The van der Waals surface area contributed by atoms with Crippen LogP contribution in [0.25, 0.3) is 0 Å². The van der Waals surface area contributed by atoms with Crippen LogP contribution in [0.1, 0.15) is 54.9 Å². The molecule has 2 N–H and O–H groups in total. The van der Waals surface area contributed by atoms with E-state index >= 15 is 0 Å². The number of carbonyl (C=O) groups is 2. The van der Waals surface area contributed by atoms with Gasteiger partial charge in [0.15, 0.2) is 0 Å². The van der Waals surface area contributed by atoms with E-state index in [9.17, 15) is 9.59 Å². The summed E-state index contributed by atoms with van der Waals surface area (Å²) in [6, 6.07) is 16.7. The summed E-state index contributed by atoms with van der Waals surface area (Å²) in [5.74, 6) is 0.171. The molecule has 2 amide bonds. The topological polar surface area (TPSA) is 67.4 Å². The molecule has 5 heteroatoms. The lowest BCUT2D eigenvalue weighted by Crippen LogP contribution is -2.41. The van der Waals surface area contributed by atoms with Crippen LogP contribution in [0.5, 0.6) is 5.75 Å². The lowest BCUT2D eigenvalue weighted by molar-refractivity contribution is -0.122. The van der Waals surface area contributed by atoms with Crippen LogP contribution in [0.2, 0.25) is 0 Å². The summed E-state index contributed by atoms with van der Waals surface area (Å²) >= 11 is 0. The minimum atomic E-state index is -0.346. The van der Waals surface area contributed by atoms with Gasteiger partial charge in [0.1, 0.15) is 12.4 Å². The van der Waals surface area contributed by atoms with E-state index in [1.54, 1.807) is 24.3 Å². The van der Waals surface area contributed by atoms with E-state index in [0.29, 0.717) is 24.3 Å². The van der Waals surface area contributed by atoms with Crippen LogP contribution >= 0.6 is 0 Å². The summed E-state index contributed by atoms with van der Waals surface area (Å²) in [5.41, 5.74) is 6.43. The summed E-state index contributed by atoms with van der Waals surface area (Å²) < 4.78 is 5.69. The summed E-state index contributed by atoms with van der Waals surface area (Å²) in [6.07, 6.45) is 4.54. The average molecular weight is 354 g/mol. The quantitative estimate of drug-likeness (QED) is 0.528. The molecule has 5 nitrogen and oxygen atoms in total. The molecule has 2 aromatic rings.